The molecular weight excluding hydrogens is 414 g/mol. The lowest BCUT2D eigenvalue weighted by Gasteiger charge is -2.13. The first-order chi connectivity index (χ1) is 16.2. The Morgan fingerprint density at radius 1 is 0.879 bits per heavy atom. The molecule has 2 heterocycles. The molecule has 0 bridgehead atoms. The van der Waals surface area contributed by atoms with Crippen molar-refractivity contribution in [3.63, 3.8) is 0 Å². The van der Waals surface area contributed by atoms with E-state index in [1.54, 1.807) is 65.9 Å². The Bertz CT molecular complexity index is 1480. The van der Waals surface area contributed by atoms with Crippen molar-refractivity contribution in [2.24, 2.45) is 0 Å². The van der Waals surface area contributed by atoms with Gasteiger partial charge in [0.1, 0.15) is 11.4 Å². The zero-order valence-corrected chi connectivity index (χ0v) is 17.4. The molecule has 33 heavy (non-hydrogen) atoms. The number of benzene rings is 3. The second kappa shape index (κ2) is 8.65. The predicted octanol–water partition coefficient (Wildman–Crippen LogP) is 4.75. The van der Waals surface area contributed by atoms with E-state index in [0.29, 0.717) is 22.7 Å². The average Bonchev–Trinajstić information content (AvgIpc) is 3.41. The number of imidazole rings is 1. The standard InChI is InChI=1S/C26H17N5O2/c27-16-19-6-8-20(9-7-19)21-10-12-23(13-11-21)33-25-24(30-15-14-28-18-30)17-29-31(26(25)32)22-4-2-1-3-5-22/h1-15,17-18H. The van der Waals surface area contributed by atoms with Gasteiger partial charge in [-0.3, -0.25) is 4.79 Å². The lowest BCUT2D eigenvalue weighted by molar-refractivity contribution is 0.464. The summed E-state index contributed by atoms with van der Waals surface area (Å²) < 4.78 is 9.08. The van der Waals surface area contributed by atoms with Crippen LogP contribution in [0.5, 0.6) is 11.5 Å². The first-order valence-corrected chi connectivity index (χ1v) is 10.2. The van der Waals surface area contributed by atoms with Crippen molar-refractivity contribution in [2.75, 3.05) is 0 Å². The van der Waals surface area contributed by atoms with Crippen LogP contribution in [0.3, 0.4) is 0 Å². The summed E-state index contributed by atoms with van der Waals surface area (Å²) in [7, 11) is 0. The number of ether oxygens (including phenoxy) is 1. The Kier molecular flexibility index (Phi) is 5.23. The fraction of sp³-hybridized carbons (Fsp3) is 0. The molecule has 0 radical (unpaired) electrons. The zero-order valence-electron chi connectivity index (χ0n) is 17.4. The molecule has 3 aromatic carbocycles. The minimum Gasteiger partial charge on any atom is -0.449 e. The van der Waals surface area contributed by atoms with E-state index in [-0.39, 0.29) is 11.3 Å². The highest BCUT2D eigenvalue weighted by molar-refractivity contribution is 5.65. The van der Waals surface area contributed by atoms with Crippen LogP contribution in [0, 0.1) is 11.3 Å². The molecule has 5 rings (SSSR count). The summed E-state index contributed by atoms with van der Waals surface area (Å²) in [6.45, 7) is 0. The van der Waals surface area contributed by atoms with E-state index >= 15 is 0 Å². The Morgan fingerprint density at radius 3 is 2.21 bits per heavy atom. The maximum absolute atomic E-state index is 13.4. The Morgan fingerprint density at radius 2 is 1.58 bits per heavy atom. The van der Waals surface area contributed by atoms with Crippen molar-refractivity contribution in [3.05, 3.63) is 120 Å². The minimum atomic E-state index is -0.386. The highest BCUT2D eigenvalue weighted by Gasteiger charge is 2.16. The maximum atomic E-state index is 13.4. The molecule has 0 amide bonds. The molecule has 0 N–H and O–H groups in total. The molecule has 0 atom stereocenters. The lowest BCUT2D eigenvalue weighted by Crippen LogP contribution is -2.23. The van der Waals surface area contributed by atoms with Gasteiger partial charge in [0.05, 0.1) is 29.8 Å². The summed E-state index contributed by atoms with van der Waals surface area (Å²) in [6.07, 6.45) is 6.52. The van der Waals surface area contributed by atoms with E-state index < -0.39 is 0 Å². The highest BCUT2D eigenvalue weighted by atomic mass is 16.5. The topological polar surface area (TPSA) is 85.7 Å². The number of nitriles is 1. The number of hydrogen-bond acceptors (Lipinski definition) is 5. The van der Waals surface area contributed by atoms with Gasteiger partial charge in [0.25, 0.3) is 0 Å². The summed E-state index contributed by atoms with van der Waals surface area (Å²) >= 11 is 0. The largest absolute Gasteiger partial charge is 0.449 e. The molecule has 5 aromatic rings. The summed E-state index contributed by atoms with van der Waals surface area (Å²) in [5.74, 6) is 0.648. The molecule has 0 fully saturated rings. The lowest BCUT2D eigenvalue weighted by atomic mass is 10.0. The highest BCUT2D eigenvalue weighted by Crippen LogP contribution is 2.28. The first kappa shape index (κ1) is 20.0. The van der Waals surface area contributed by atoms with E-state index in [1.165, 1.54) is 4.68 Å². The third kappa shape index (κ3) is 4.01. The van der Waals surface area contributed by atoms with Gasteiger partial charge in [-0.15, -0.1) is 0 Å². The van der Waals surface area contributed by atoms with Crippen LogP contribution >= 0.6 is 0 Å². The Labute approximate surface area is 189 Å². The van der Waals surface area contributed by atoms with Gasteiger partial charge in [0.15, 0.2) is 0 Å². The van der Waals surface area contributed by atoms with Gasteiger partial charge in [0, 0.05) is 12.4 Å². The van der Waals surface area contributed by atoms with Crippen molar-refractivity contribution >= 4 is 0 Å². The van der Waals surface area contributed by atoms with Gasteiger partial charge in [-0.2, -0.15) is 15.0 Å². The van der Waals surface area contributed by atoms with Crippen LogP contribution in [0.25, 0.3) is 22.5 Å². The fourth-order valence-corrected chi connectivity index (χ4v) is 3.43. The number of rotatable bonds is 5. The average molecular weight is 431 g/mol. The number of aromatic nitrogens is 4. The van der Waals surface area contributed by atoms with Crippen LogP contribution in [0.4, 0.5) is 0 Å². The summed E-state index contributed by atoms with van der Waals surface area (Å²) in [5, 5.41) is 13.3. The van der Waals surface area contributed by atoms with Crippen LogP contribution in [0.1, 0.15) is 5.56 Å². The summed E-state index contributed by atoms with van der Waals surface area (Å²) in [4.78, 5) is 17.4. The quantitative estimate of drug-likeness (QED) is 0.401. The Hall–Kier alpha value is -4.96. The first-order valence-electron chi connectivity index (χ1n) is 10.2. The number of para-hydroxylation sites is 1. The molecule has 0 aliphatic heterocycles. The zero-order chi connectivity index (χ0) is 22.6. The monoisotopic (exact) mass is 431 g/mol. The van der Waals surface area contributed by atoms with E-state index in [9.17, 15) is 4.79 Å². The van der Waals surface area contributed by atoms with Crippen molar-refractivity contribution in [1.29, 1.82) is 5.26 Å². The molecule has 0 spiro atoms. The molecular formula is C26H17N5O2. The van der Waals surface area contributed by atoms with Crippen molar-refractivity contribution in [1.82, 2.24) is 19.3 Å². The maximum Gasteiger partial charge on any atom is 0.316 e. The summed E-state index contributed by atoms with van der Waals surface area (Å²) in [6, 6.07) is 26.1. The van der Waals surface area contributed by atoms with Crippen molar-refractivity contribution in [3.8, 4) is 40.1 Å². The van der Waals surface area contributed by atoms with Crippen LogP contribution < -0.4 is 10.3 Å². The molecule has 0 saturated carbocycles. The van der Waals surface area contributed by atoms with E-state index in [4.69, 9.17) is 10.00 Å². The molecule has 0 aliphatic rings. The van der Waals surface area contributed by atoms with Gasteiger partial charge >= 0.3 is 5.56 Å². The second-order valence-corrected chi connectivity index (χ2v) is 7.20. The van der Waals surface area contributed by atoms with Gasteiger partial charge in [-0.05, 0) is 47.5 Å². The Balaban J connectivity index is 1.52. The van der Waals surface area contributed by atoms with Gasteiger partial charge in [0.2, 0.25) is 5.75 Å². The number of nitrogens with zero attached hydrogens (tertiary/aromatic N) is 5. The molecule has 7 nitrogen and oxygen atoms in total. The molecule has 7 heteroatoms. The molecule has 158 valence electrons. The third-order valence-corrected chi connectivity index (χ3v) is 5.12. The predicted molar refractivity (Wildman–Crippen MR) is 124 cm³/mol. The smallest absolute Gasteiger partial charge is 0.316 e. The molecule has 0 aliphatic carbocycles. The van der Waals surface area contributed by atoms with Crippen LogP contribution in [-0.4, -0.2) is 19.3 Å². The molecule has 0 unspecified atom stereocenters. The van der Waals surface area contributed by atoms with Crippen LogP contribution in [-0.2, 0) is 0 Å². The SMILES string of the molecule is N#Cc1ccc(-c2ccc(Oc3c(-n4ccnc4)cnn(-c4ccccc4)c3=O)cc2)cc1. The van der Waals surface area contributed by atoms with Gasteiger partial charge in [-0.1, -0.05) is 42.5 Å². The van der Waals surface area contributed by atoms with Crippen molar-refractivity contribution in [2.45, 2.75) is 0 Å². The normalized spacial score (nSPS) is 10.5. The number of hydrogen-bond donors (Lipinski definition) is 0. The van der Waals surface area contributed by atoms with Crippen molar-refractivity contribution < 1.29 is 4.74 Å². The summed E-state index contributed by atoms with van der Waals surface area (Å²) in [5.41, 5.74) is 3.30. The minimum absolute atomic E-state index is 0.137. The van der Waals surface area contributed by atoms with Crippen LogP contribution in [0.2, 0.25) is 0 Å². The fourth-order valence-electron chi connectivity index (χ4n) is 3.43. The van der Waals surface area contributed by atoms with E-state index in [2.05, 4.69) is 16.2 Å². The second-order valence-electron chi connectivity index (χ2n) is 7.20. The van der Waals surface area contributed by atoms with Gasteiger partial charge in [-0.25, -0.2) is 4.98 Å². The third-order valence-electron chi connectivity index (χ3n) is 5.12. The molecule has 0 saturated heterocycles. The van der Waals surface area contributed by atoms with Gasteiger partial charge < -0.3 is 9.30 Å². The van der Waals surface area contributed by atoms with Crippen LogP contribution in [0.15, 0.2) is 109 Å². The molecule has 2 aromatic heterocycles. The van der Waals surface area contributed by atoms with E-state index in [0.717, 1.165) is 11.1 Å². The van der Waals surface area contributed by atoms with E-state index in [1.807, 2.05) is 42.5 Å².